The van der Waals surface area contributed by atoms with Crippen LogP contribution >= 0.6 is 7.82 Å². The normalized spacial score (nSPS) is 15.2. The molecule has 0 spiro atoms. The fraction of sp³-hybridized carbons (Fsp3) is 0.571. The number of hydrogen-bond acceptors (Lipinski definition) is 5. The van der Waals surface area contributed by atoms with Gasteiger partial charge in [-0.1, -0.05) is 217 Å². The van der Waals surface area contributed by atoms with Crippen molar-refractivity contribution in [1.82, 2.24) is 5.32 Å². The molecule has 0 aliphatic heterocycles. The van der Waals surface area contributed by atoms with E-state index in [1.54, 1.807) is 6.08 Å². The van der Waals surface area contributed by atoms with Crippen molar-refractivity contribution in [3.8, 4) is 0 Å². The number of aliphatic hydroxyl groups is 1. The molecule has 0 saturated carbocycles. The third-order valence-electron chi connectivity index (χ3n) is 11.2. The number of rotatable bonds is 48. The van der Waals surface area contributed by atoms with Crippen LogP contribution in [0.2, 0.25) is 0 Å². The zero-order chi connectivity index (χ0) is 52.7. The Kier molecular flexibility index (Phi) is 49.2. The number of nitrogens with zero attached hydrogens (tertiary/aromatic N) is 1. The summed E-state index contributed by atoms with van der Waals surface area (Å²) in [5, 5.41) is 13.8. The maximum absolute atomic E-state index is 12.9. The summed E-state index contributed by atoms with van der Waals surface area (Å²) in [5.74, 6) is -0.209. The number of allylic oxidation sites excluding steroid dienone is 25. The van der Waals surface area contributed by atoms with Gasteiger partial charge in [-0.25, -0.2) is 4.57 Å². The third kappa shape index (κ3) is 53.9. The zero-order valence-electron chi connectivity index (χ0n) is 46.1. The van der Waals surface area contributed by atoms with E-state index in [2.05, 4.69) is 165 Å². The molecule has 406 valence electrons. The lowest BCUT2D eigenvalue weighted by Crippen LogP contribution is -2.45. The molecule has 3 unspecified atom stereocenters. The first kappa shape index (κ1) is 68.1. The SMILES string of the molecule is CC/C=C\C/C=C\C/C=C\C/C=C\C/C=C\C/C=C\C/C=C\C/C=C\C/C=C\C/C=C\C/C=C\CCCCCCCCCC(=O)NC(COP(=O)(O)OCC[N+](C)(C)C)C(O)/C=C/CC/C=C/CCCCC. The van der Waals surface area contributed by atoms with Crippen molar-refractivity contribution in [3.63, 3.8) is 0 Å². The zero-order valence-corrected chi connectivity index (χ0v) is 47.0. The van der Waals surface area contributed by atoms with Crippen molar-refractivity contribution in [2.24, 2.45) is 0 Å². The summed E-state index contributed by atoms with van der Waals surface area (Å²) in [6.07, 6.45) is 82.2. The van der Waals surface area contributed by atoms with E-state index >= 15 is 0 Å². The van der Waals surface area contributed by atoms with Crippen LogP contribution in [0.1, 0.15) is 181 Å². The van der Waals surface area contributed by atoms with Gasteiger partial charge >= 0.3 is 7.82 Å². The number of unbranched alkanes of at least 4 members (excludes halogenated alkanes) is 11. The van der Waals surface area contributed by atoms with E-state index in [4.69, 9.17) is 9.05 Å². The van der Waals surface area contributed by atoms with E-state index in [1.807, 2.05) is 27.2 Å². The molecule has 9 heteroatoms. The van der Waals surface area contributed by atoms with Crippen molar-refractivity contribution >= 4 is 13.7 Å². The predicted molar refractivity (Wildman–Crippen MR) is 313 cm³/mol. The fourth-order valence-corrected chi connectivity index (χ4v) is 7.62. The molecule has 0 aromatic carbocycles. The first-order valence-corrected chi connectivity index (χ1v) is 29.4. The van der Waals surface area contributed by atoms with Crippen molar-refractivity contribution in [2.45, 2.75) is 193 Å². The smallest absolute Gasteiger partial charge is 0.387 e. The van der Waals surface area contributed by atoms with E-state index in [9.17, 15) is 19.4 Å². The van der Waals surface area contributed by atoms with Gasteiger partial charge in [0, 0.05) is 6.42 Å². The number of likely N-dealkylation sites (N-methyl/N-ethyl adjacent to an activating group) is 1. The van der Waals surface area contributed by atoms with Crippen molar-refractivity contribution < 1.29 is 32.9 Å². The molecular formula is C63H104N2O6P+. The standard InChI is InChI=1S/C63H103N2O6P/c1-6-8-10-12-14-16-17-18-19-20-21-22-23-24-25-26-27-28-29-30-31-32-33-34-35-36-37-38-39-40-41-42-43-44-45-46-47-49-51-53-55-57-63(67)64-61(60-71-72(68,69)70-59-58-65(3,4)5)62(66)56-54-52-50-48-15-13-11-9-7-2/h8,10,14-16,18-19,21-22,24-25,27-28,30-31,33-34,36-37,39-40,42-43,48,54,56,61-62,66H,6-7,9,11-13,17,20,23,26,29,32,35,38,41,44-47,49-53,55,57-60H2,1-5H3,(H-,64,67,68,69)/p+1/b10-8-,16-14-,19-18-,22-21-,25-24-,28-27-,31-30-,34-33-,37-36-,40-39-,43-42-,48-15+,56-54+. The highest BCUT2D eigenvalue weighted by Gasteiger charge is 2.27. The van der Waals surface area contributed by atoms with Crippen molar-refractivity contribution in [3.05, 3.63) is 158 Å². The second-order valence-corrected chi connectivity index (χ2v) is 20.7. The Labute approximate surface area is 441 Å². The molecule has 0 aromatic heterocycles. The van der Waals surface area contributed by atoms with E-state index in [0.717, 1.165) is 122 Å². The minimum atomic E-state index is -4.36. The van der Waals surface area contributed by atoms with Gasteiger partial charge in [0.15, 0.2) is 0 Å². The van der Waals surface area contributed by atoms with Gasteiger partial charge in [0.25, 0.3) is 0 Å². The molecule has 0 fully saturated rings. The van der Waals surface area contributed by atoms with Crippen LogP contribution in [0.4, 0.5) is 0 Å². The van der Waals surface area contributed by atoms with Gasteiger partial charge < -0.3 is 19.8 Å². The molecule has 3 N–H and O–H groups in total. The fourth-order valence-electron chi connectivity index (χ4n) is 6.88. The highest BCUT2D eigenvalue weighted by molar-refractivity contribution is 7.47. The van der Waals surface area contributed by atoms with Crippen molar-refractivity contribution in [1.29, 1.82) is 0 Å². The number of phosphoric acid groups is 1. The summed E-state index contributed by atoms with van der Waals surface area (Å²) in [6, 6.07) is -0.878. The van der Waals surface area contributed by atoms with E-state index in [0.29, 0.717) is 17.4 Å². The molecule has 0 aliphatic rings. The maximum atomic E-state index is 12.9. The van der Waals surface area contributed by atoms with Crippen LogP contribution in [0.5, 0.6) is 0 Å². The molecule has 0 saturated heterocycles. The molecule has 0 aliphatic carbocycles. The molecular weight excluding hydrogens is 912 g/mol. The van der Waals surface area contributed by atoms with Crippen LogP contribution in [-0.4, -0.2) is 73.4 Å². The van der Waals surface area contributed by atoms with E-state index in [1.165, 1.54) is 38.5 Å². The number of phosphoric ester groups is 1. The van der Waals surface area contributed by atoms with Gasteiger partial charge in [0.05, 0.1) is 39.9 Å². The van der Waals surface area contributed by atoms with Gasteiger partial charge in [-0.05, 0) is 116 Å². The van der Waals surface area contributed by atoms with Gasteiger partial charge in [0.2, 0.25) is 5.91 Å². The van der Waals surface area contributed by atoms with Gasteiger partial charge in [-0.3, -0.25) is 13.8 Å². The first-order chi connectivity index (χ1) is 35.0. The topological polar surface area (TPSA) is 105 Å². The van der Waals surface area contributed by atoms with Crippen LogP contribution in [0.3, 0.4) is 0 Å². The lowest BCUT2D eigenvalue weighted by atomic mass is 10.1. The van der Waals surface area contributed by atoms with E-state index < -0.39 is 20.0 Å². The molecule has 72 heavy (non-hydrogen) atoms. The molecule has 3 atom stereocenters. The average molecular weight is 1020 g/mol. The summed E-state index contributed by atoms with van der Waals surface area (Å²) in [4.78, 5) is 23.1. The lowest BCUT2D eigenvalue weighted by Gasteiger charge is -2.25. The number of carbonyl (C=O) groups excluding carboxylic acids is 1. The Morgan fingerprint density at radius 1 is 0.486 bits per heavy atom. The molecule has 0 bridgehead atoms. The largest absolute Gasteiger partial charge is 0.472 e. The molecule has 0 heterocycles. The Bertz CT molecular complexity index is 1720. The highest BCUT2D eigenvalue weighted by Crippen LogP contribution is 2.43. The Hall–Kier alpha value is -3.88. The molecule has 1 amide bonds. The second kappa shape index (κ2) is 52.0. The predicted octanol–water partition coefficient (Wildman–Crippen LogP) is 17.1. The van der Waals surface area contributed by atoms with E-state index in [-0.39, 0.29) is 19.1 Å². The number of nitrogens with one attached hydrogen (secondary N) is 1. The quantitative estimate of drug-likeness (QED) is 0.0243. The van der Waals surface area contributed by atoms with Gasteiger partial charge in [-0.15, -0.1) is 0 Å². The maximum Gasteiger partial charge on any atom is 0.472 e. The van der Waals surface area contributed by atoms with Crippen LogP contribution in [0.25, 0.3) is 0 Å². The van der Waals surface area contributed by atoms with Crippen LogP contribution in [0, 0.1) is 0 Å². The number of aliphatic hydroxyl groups excluding tert-OH is 1. The minimum Gasteiger partial charge on any atom is -0.387 e. The number of carbonyl (C=O) groups is 1. The molecule has 0 rings (SSSR count). The van der Waals surface area contributed by atoms with Crippen molar-refractivity contribution in [2.75, 3.05) is 40.9 Å². The summed E-state index contributed by atoms with van der Waals surface area (Å²) in [7, 11) is 1.52. The third-order valence-corrected chi connectivity index (χ3v) is 12.2. The monoisotopic (exact) mass is 1020 g/mol. The second-order valence-electron chi connectivity index (χ2n) is 19.2. The number of amides is 1. The summed E-state index contributed by atoms with van der Waals surface area (Å²) in [5.41, 5.74) is 0. The Balaban J connectivity index is 4.09. The summed E-state index contributed by atoms with van der Waals surface area (Å²) >= 11 is 0. The first-order valence-electron chi connectivity index (χ1n) is 27.9. The Morgan fingerprint density at radius 2 is 0.847 bits per heavy atom. The molecule has 0 aromatic rings. The molecule has 0 radical (unpaired) electrons. The van der Waals surface area contributed by atoms with Crippen LogP contribution in [0.15, 0.2) is 158 Å². The molecule has 8 nitrogen and oxygen atoms in total. The van der Waals surface area contributed by atoms with Crippen LogP contribution in [-0.2, 0) is 18.4 Å². The average Bonchev–Trinajstić information content (AvgIpc) is 3.34. The minimum absolute atomic E-state index is 0.0452. The summed E-state index contributed by atoms with van der Waals surface area (Å²) in [6.45, 7) is 4.58. The lowest BCUT2D eigenvalue weighted by molar-refractivity contribution is -0.870. The number of hydrogen-bond donors (Lipinski definition) is 3. The van der Waals surface area contributed by atoms with Crippen LogP contribution < -0.4 is 5.32 Å². The summed E-state index contributed by atoms with van der Waals surface area (Å²) < 4.78 is 23.5. The highest BCUT2D eigenvalue weighted by atomic mass is 31.2. The number of quaternary nitrogens is 1. The van der Waals surface area contributed by atoms with Gasteiger partial charge in [-0.2, -0.15) is 0 Å². The Morgan fingerprint density at radius 3 is 1.28 bits per heavy atom. The van der Waals surface area contributed by atoms with Gasteiger partial charge in [0.1, 0.15) is 13.2 Å².